The van der Waals surface area contributed by atoms with E-state index < -0.39 is 72.7 Å². The quantitative estimate of drug-likeness (QED) is 0.530. The monoisotopic (exact) mass is 440 g/mol. The molecule has 2 N–H and O–H groups in total. The lowest BCUT2D eigenvalue weighted by atomic mass is 10.1. The number of amidine groups is 1. The molecule has 0 aromatic heterocycles. The van der Waals surface area contributed by atoms with Crippen LogP contribution in [0.4, 0.5) is 30.2 Å². The van der Waals surface area contributed by atoms with Crippen molar-refractivity contribution in [3.8, 4) is 0 Å². The van der Waals surface area contributed by atoms with E-state index in [2.05, 4.69) is 4.99 Å². The molecule has 13 nitrogen and oxygen atoms in total. The van der Waals surface area contributed by atoms with E-state index in [-0.39, 0.29) is 6.07 Å². The Balaban J connectivity index is 2.99. The molecular weight excluding hydrogens is 433 g/mol. The maximum Gasteiger partial charge on any atom is 0.418 e. The summed E-state index contributed by atoms with van der Waals surface area (Å²) < 4.78 is 44.3. The fourth-order valence-corrected chi connectivity index (χ4v) is 2.79. The summed E-state index contributed by atoms with van der Waals surface area (Å²) in [6.07, 6.45) is -5.26. The summed E-state index contributed by atoms with van der Waals surface area (Å²) in [7, 11) is 0.883. The second-order valence-electron chi connectivity index (χ2n) is 5.19. The summed E-state index contributed by atoms with van der Waals surface area (Å²) >= 11 is 5.55. The zero-order chi connectivity index (χ0) is 22.3. The maximum absolute atomic E-state index is 13.2. The molecule has 0 aliphatic carbocycles. The fourth-order valence-electron chi connectivity index (χ4n) is 2.47. The highest BCUT2D eigenvalue weighted by molar-refractivity contribution is 6.34. The number of hydrogen-bond acceptors (Lipinski definition) is 10. The molecule has 0 amide bonds. The van der Waals surface area contributed by atoms with Crippen LogP contribution in [0.2, 0.25) is 5.02 Å². The van der Waals surface area contributed by atoms with Gasteiger partial charge >= 0.3 is 23.2 Å². The smallest absolute Gasteiger partial charge is 0.418 e. The number of halogens is 4. The van der Waals surface area contributed by atoms with Gasteiger partial charge in [0.05, 0.1) is 27.4 Å². The Morgan fingerprint density at radius 1 is 1.21 bits per heavy atom. The lowest BCUT2D eigenvalue weighted by molar-refractivity contribution is -0.418. The number of hydrogen-bond donors (Lipinski definition) is 1. The Labute approximate surface area is 162 Å². The molecule has 1 aromatic rings. The SMILES string of the molecule is COC1=C([N+](=O)[O-])C(N)=NCN1c1c([N+](=O)[O-])cc(C(F)(F)F)c(Cl)c1[N+](=O)[O-]. The fraction of sp³-hybridized carbons (Fsp3) is 0.250. The Bertz CT molecular complexity index is 993. The molecule has 0 atom stereocenters. The van der Waals surface area contributed by atoms with Gasteiger partial charge in [-0.15, -0.1) is 0 Å². The predicted octanol–water partition coefficient (Wildman–Crippen LogP) is 2.40. The number of ether oxygens (including phenoxy) is 1. The van der Waals surface area contributed by atoms with Gasteiger partial charge in [-0.2, -0.15) is 13.2 Å². The molecule has 0 unspecified atom stereocenters. The molecule has 1 aliphatic heterocycles. The number of methoxy groups -OCH3 is 1. The third-order valence-corrected chi connectivity index (χ3v) is 3.98. The molecule has 0 fully saturated rings. The average molecular weight is 441 g/mol. The summed E-state index contributed by atoms with van der Waals surface area (Å²) in [6.45, 7) is -0.768. The highest BCUT2D eigenvalue weighted by Gasteiger charge is 2.46. The van der Waals surface area contributed by atoms with E-state index in [1.54, 1.807) is 0 Å². The van der Waals surface area contributed by atoms with E-state index in [1.165, 1.54) is 0 Å². The number of nitro groups is 3. The number of rotatable bonds is 5. The van der Waals surface area contributed by atoms with Crippen molar-refractivity contribution in [1.82, 2.24) is 0 Å². The predicted molar refractivity (Wildman–Crippen MR) is 89.8 cm³/mol. The van der Waals surface area contributed by atoms with Crippen molar-refractivity contribution in [2.75, 3.05) is 18.7 Å². The van der Waals surface area contributed by atoms with Crippen LogP contribution in [0.25, 0.3) is 0 Å². The summed E-state index contributed by atoms with van der Waals surface area (Å²) in [5.74, 6) is -1.48. The topological polar surface area (TPSA) is 180 Å². The van der Waals surface area contributed by atoms with E-state index in [0.29, 0.717) is 4.90 Å². The van der Waals surface area contributed by atoms with Gasteiger partial charge in [-0.25, -0.2) is 4.99 Å². The van der Waals surface area contributed by atoms with Crippen molar-refractivity contribution >= 4 is 34.5 Å². The van der Waals surface area contributed by atoms with Crippen LogP contribution in [0.1, 0.15) is 5.56 Å². The maximum atomic E-state index is 13.2. The summed E-state index contributed by atoms with van der Waals surface area (Å²) in [6, 6.07) is -0.0224. The molecule has 29 heavy (non-hydrogen) atoms. The molecule has 1 aromatic carbocycles. The number of aliphatic imine (C=N–C) groups is 1. The zero-order valence-electron chi connectivity index (χ0n) is 14.0. The minimum absolute atomic E-state index is 0.0224. The second kappa shape index (κ2) is 7.38. The number of nitrogens with zero attached hydrogens (tertiary/aromatic N) is 5. The lowest BCUT2D eigenvalue weighted by Gasteiger charge is -2.26. The summed E-state index contributed by atoms with van der Waals surface area (Å²) in [5, 5.41) is 32.7. The van der Waals surface area contributed by atoms with Gasteiger partial charge in [-0.3, -0.25) is 35.2 Å². The van der Waals surface area contributed by atoms with Gasteiger partial charge in [0, 0.05) is 6.07 Å². The summed E-state index contributed by atoms with van der Waals surface area (Å²) in [5.41, 5.74) is -1.45. The zero-order valence-corrected chi connectivity index (χ0v) is 14.7. The van der Waals surface area contributed by atoms with Gasteiger partial charge in [0.25, 0.3) is 5.88 Å². The van der Waals surface area contributed by atoms with E-state index >= 15 is 0 Å². The average Bonchev–Trinajstić information content (AvgIpc) is 2.58. The van der Waals surface area contributed by atoms with Gasteiger partial charge in [-0.1, -0.05) is 11.6 Å². The van der Waals surface area contributed by atoms with Crippen LogP contribution in [-0.2, 0) is 10.9 Å². The van der Waals surface area contributed by atoms with Crippen molar-refractivity contribution in [2.24, 2.45) is 10.7 Å². The first-order valence-corrected chi connectivity index (χ1v) is 7.43. The van der Waals surface area contributed by atoms with Crippen LogP contribution in [0.5, 0.6) is 0 Å². The minimum Gasteiger partial charge on any atom is -0.477 e. The number of alkyl halides is 3. The van der Waals surface area contributed by atoms with Crippen molar-refractivity contribution < 1.29 is 32.7 Å². The van der Waals surface area contributed by atoms with Gasteiger partial charge in [0.1, 0.15) is 11.7 Å². The molecule has 0 saturated heterocycles. The van der Waals surface area contributed by atoms with Crippen LogP contribution < -0.4 is 10.6 Å². The van der Waals surface area contributed by atoms with Gasteiger partial charge < -0.3 is 10.5 Å². The third kappa shape index (κ3) is 3.68. The lowest BCUT2D eigenvalue weighted by Crippen LogP contribution is -2.37. The molecule has 0 saturated carbocycles. The van der Waals surface area contributed by atoms with E-state index in [4.69, 9.17) is 22.1 Å². The van der Waals surface area contributed by atoms with E-state index in [9.17, 15) is 43.5 Å². The molecule has 17 heteroatoms. The van der Waals surface area contributed by atoms with Crippen LogP contribution in [-0.4, -0.2) is 34.4 Å². The van der Waals surface area contributed by atoms with Gasteiger partial charge in [-0.05, 0) is 0 Å². The first-order valence-electron chi connectivity index (χ1n) is 7.05. The second-order valence-corrected chi connectivity index (χ2v) is 5.57. The highest BCUT2D eigenvalue weighted by Crippen LogP contribution is 2.50. The van der Waals surface area contributed by atoms with Crippen molar-refractivity contribution in [2.45, 2.75) is 6.18 Å². The van der Waals surface area contributed by atoms with Crippen LogP contribution in [0, 0.1) is 30.3 Å². The van der Waals surface area contributed by atoms with Crippen molar-refractivity contribution in [3.05, 3.63) is 58.6 Å². The Morgan fingerprint density at radius 3 is 2.21 bits per heavy atom. The molecule has 2 rings (SSSR count). The Hall–Kier alpha value is -3.69. The molecule has 0 bridgehead atoms. The standard InChI is InChI=1S/C12H8ClF3N6O7/c1-29-11-9(22(27)28)10(17)18-3-19(11)7-5(20(23)24)2-4(12(14,15)16)6(13)8(7)21(25)26/h2H,3H2,1H3,(H2,17,18). The van der Waals surface area contributed by atoms with Crippen molar-refractivity contribution in [1.29, 1.82) is 0 Å². The van der Waals surface area contributed by atoms with E-state index in [1.807, 2.05) is 0 Å². The molecular formula is C12H8ClF3N6O7. The van der Waals surface area contributed by atoms with Crippen LogP contribution >= 0.6 is 11.6 Å². The largest absolute Gasteiger partial charge is 0.477 e. The van der Waals surface area contributed by atoms with Crippen LogP contribution in [0.3, 0.4) is 0 Å². The Kier molecular flexibility index (Phi) is 5.50. The number of benzene rings is 1. The molecule has 0 spiro atoms. The van der Waals surface area contributed by atoms with Crippen molar-refractivity contribution in [3.63, 3.8) is 0 Å². The molecule has 1 aliphatic rings. The Morgan fingerprint density at radius 2 is 1.79 bits per heavy atom. The number of nitrogens with two attached hydrogens (primary N) is 1. The normalized spacial score (nSPS) is 14.5. The van der Waals surface area contributed by atoms with E-state index in [0.717, 1.165) is 7.11 Å². The molecule has 0 radical (unpaired) electrons. The summed E-state index contributed by atoms with van der Waals surface area (Å²) in [4.78, 5) is 34.3. The number of anilines is 1. The molecule has 1 heterocycles. The third-order valence-electron chi connectivity index (χ3n) is 3.60. The van der Waals surface area contributed by atoms with Gasteiger partial charge in [0.15, 0.2) is 0 Å². The highest BCUT2D eigenvalue weighted by atomic mass is 35.5. The van der Waals surface area contributed by atoms with Gasteiger partial charge in [0.2, 0.25) is 11.5 Å². The molecule has 156 valence electrons. The van der Waals surface area contributed by atoms with Crippen LogP contribution in [0.15, 0.2) is 22.6 Å². The first kappa shape index (κ1) is 21.6. The first-order chi connectivity index (χ1) is 13.3. The number of nitro benzene ring substituents is 2. The minimum atomic E-state index is -5.26.